The molecular weight excluding hydrogens is 278 g/mol. The van der Waals surface area contributed by atoms with Gasteiger partial charge in [0.2, 0.25) is 0 Å². The molecule has 1 unspecified atom stereocenters. The minimum absolute atomic E-state index is 0.343. The standard InChI is InChI=1S/C19H24ClN/c1-6-21(17-10-11-19(20)14(3)12-17)16(5)18-9-7-8-13(2)15(18)4/h7-12,16H,6H2,1-5H3. The molecule has 2 aromatic rings. The van der Waals surface area contributed by atoms with Gasteiger partial charge in [0.05, 0.1) is 6.04 Å². The molecule has 1 nitrogen and oxygen atoms in total. The summed E-state index contributed by atoms with van der Waals surface area (Å²) in [4.78, 5) is 2.42. The van der Waals surface area contributed by atoms with Crippen molar-refractivity contribution >= 4 is 17.3 Å². The van der Waals surface area contributed by atoms with Gasteiger partial charge in [-0.05, 0) is 75.1 Å². The van der Waals surface area contributed by atoms with Crippen LogP contribution in [0.2, 0.25) is 5.02 Å². The Balaban J connectivity index is 2.40. The summed E-state index contributed by atoms with van der Waals surface area (Å²) in [6, 6.07) is 13.2. The fourth-order valence-corrected chi connectivity index (χ4v) is 3.00. The van der Waals surface area contributed by atoms with Crippen LogP contribution in [0.15, 0.2) is 36.4 Å². The zero-order valence-electron chi connectivity index (χ0n) is 13.6. The van der Waals surface area contributed by atoms with Crippen molar-refractivity contribution in [3.63, 3.8) is 0 Å². The largest absolute Gasteiger partial charge is 0.365 e. The highest BCUT2D eigenvalue weighted by Gasteiger charge is 2.17. The molecule has 0 radical (unpaired) electrons. The molecule has 112 valence electrons. The highest BCUT2D eigenvalue weighted by Crippen LogP contribution is 2.31. The summed E-state index contributed by atoms with van der Waals surface area (Å²) in [7, 11) is 0. The fourth-order valence-electron chi connectivity index (χ4n) is 2.88. The van der Waals surface area contributed by atoms with Crippen molar-refractivity contribution in [2.75, 3.05) is 11.4 Å². The van der Waals surface area contributed by atoms with Crippen molar-refractivity contribution in [2.45, 2.75) is 40.7 Å². The maximum atomic E-state index is 6.15. The van der Waals surface area contributed by atoms with Crippen LogP contribution in [0.25, 0.3) is 0 Å². The Morgan fingerprint density at radius 2 is 1.76 bits per heavy atom. The summed E-state index contributed by atoms with van der Waals surface area (Å²) in [5.74, 6) is 0. The van der Waals surface area contributed by atoms with E-state index in [2.05, 4.69) is 69.9 Å². The Bertz CT molecular complexity index is 633. The summed E-state index contributed by atoms with van der Waals surface area (Å²) < 4.78 is 0. The Morgan fingerprint density at radius 3 is 2.38 bits per heavy atom. The third-order valence-corrected chi connectivity index (χ3v) is 4.80. The van der Waals surface area contributed by atoms with Crippen LogP contribution in [0.5, 0.6) is 0 Å². The average Bonchev–Trinajstić information content (AvgIpc) is 2.46. The summed E-state index contributed by atoms with van der Waals surface area (Å²) in [6.45, 7) is 11.9. The van der Waals surface area contributed by atoms with Crippen LogP contribution in [0, 0.1) is 20.8 Å². The number of aryl methyl sites for hydroxylation is 2. The molecule has 0 aromatic heterocycles. The SMILES string of the molecule is CCN(c1ccc(Cl)c(C)c1)C(C)c1cccc(C)c1C. The lowest BCUT2D eigenvalue weighted by Crippen LogP contribution is -2.27. The minimum Gasteiger partial charge on any atom is -0.365 e. The van der Waals surface area contributed by atoms with E-state index in [9.17, 15) is 0 Å². The smallest absolute Gasteiger partial charge is 0.0516 e. The zero-order valence-corrected chi connectivity index (χ0v) is 14.3. The Labute approximate surface area is 133 Å². The van der Waals surface area contributed by atoms with Crippen LogP contribution in [0.3, 0.4) is 0 Å². The molecule has 0 N–H and O–H groups in total. The van der Waals surface area contributed by atoms with Gasteiger partial charge in [0.25, 0.3) is 0 Å². The molecular formula is C19H24ClN. The quantitative estimate of drug-likeness (QED) is 0.684. The Kier molecular flexibility index (Phi) is 4.95. The van der Waals surface area contributed by atoms with E-state index in [1.807, 2.05) is 6.07 Å². The molecule has 2 heteroatoms. The van der Waals surface area contributed by atoms with Crippen molar-refractivity contribution in [3.05, 3.63) is 63.7 Å². The zero-order chi connectivity index (χ0) is 15.6. The van der Waals surface area contributed by atoms with Crippen LogP contribution in [0.4, 0.5) is 5.69 Å². The van der Waals surface area contributed by atoms with E-state index in [0.29, 0.717) is 6.04 Å². The van der Waals surface area contributed by atoms with Gasteiger partial charge in [0.1, 0.15) is 0 Å². The summed E-state index contributed by atoms with van der Waals surface area (Å²) in [6.07, 6.45) is 0. The normalized spacial score (nSPS) is 12.3. The third kappa shape index (κ3) is 3.24. The monoisotopic (exact) mass is 301 g/mol. The van der Waals surface area contributed by atoms with Gasteiger partial charge in [-0.3, -0.25) is 0 Å². The van der Waals surface area contributed by atoms with Gasteiger partial charge in [-0.25, -0.2) is 0 Å². The number of hydrogen-bond donors (Lipinski definition) is 0. The van der Waals surface area contributed by atoms with Crippen molar-refractivity contribution in [3.8, 4) is 0 Å². The van der Waals surface area contributed by atoms with E-state index in [1.54, 1.807) is 0 Å². The van der Waals surface area contributed by atoms with Crippen LogP contribution in [-0.4, -0.2) is 6.54 Å². The first kappa shape index (κ1) is 15.9. The molecule has 0 spiro atoms. The molecule has 2 aromatic carbocycles. The molecule has 0 fully saturated rings. The van der Waals surface area contributed by atoms with Crippen LogP contribution < -0.4 is 4.90 Å². The first-order valence-electron chi connectivity index (χ1n) is 7.54. The molecule has 0 aliphatic carbocycles. The Morgan fingerprint density at radius 1 is 1.05 bits per heavy atom. The van der Waals surface area contributed by atoms with Crippen LogP contribution in [-0.2, 0) is 0 Å². The highest BCUT2D eigenvalue weighted by atomic mass is 35.5. The molecule has 1 atom stereocenters. The number of anilines is 1. The first-order chi connectivity index (χ1) is 9.95. The Hall–Kier alpha value is -1.47. The van der Waals surface area contributed by atoms with Gasteiger partial charge in [-0.1, -0.05) is 29.8 Å². The van der Waals surface area contributed by atoms with E-state index in [4.69, 9.17) is 11.6 Å². The maximum absolute atomic E-state index is 6.15. The van der Waals surface area contributed by atoms with Crippen molar-refractivity contribution < 1.29 is 0 Å². The molecule has 0 saturated heterocycles. The molecule has 0 amide bonds. The van der Waals surface area contributed by atoms with Crippen molar-refractivity contribution in [2.24, 2.45) is 0 Å². The molecule has 0 bridgehead atoms. The molecule has 2 rings (SSSR count). The maximum Gasteiger partial charge on any atom is 0.0516 e. The van der Waals surface area contributed by atoms with E-state index >= 15 is 0 Å². The first-order valence-corrected chi connectivity index (χ1v) is 7.92. The lowest BCUT2D eigenvalue weighted by molar-refractivity contribution is 0.685. The van der Waals surface area contributed by atoms with Crippen LogP contribution >= 0.6 is 11.6 Å². The summed E-state index contributed by atoms with van der Waals surface area (Å²) in [5.41, 5.74) is 6.48. The minimum atomic E-state index is 0.343. The second kappa shape index (κ2) is 6.53. The molecule has 0 aliphatic rings. The summed E-state index contributed by atoms with van der Waals surface area (Å²) in [5, 5.41) is 0.828. The molecule has 21 heavy (non-hydrogen) atoms. The van der Waals surface area contributed by atoms with Gasteiger partial charge in [0.15, 0.2) is 0 Å². The number of hydrogen-bond acceptors (Lipinski definition) is 1. The fraction of sp³-hybridized carbons (Fsp3) is 0.368. The van der Waals surface area contributed by atoms with E-state index < -0.39 is 0 Å². The second-order valence-electron chi connectivity index (χ2n) is 5.68. The highest BCUT2D eigenvalue weighted by molar-refractivity contribution is 6.31. The predicted molar refractivity (Wildman–Crippen MR) is 93.5 cm³/mol. The predicted octanol–water partition coefficient (Wildman–Crippen LogP) is 5.85. The topological polar surface area (TPSA) is 3.24 Å². The van der Waals surface area contributed by atoms with E-state index in [-0.39, 0.29) is 0 Å². The third-order valence-electron chi connectivity index (χ3n) is 4.38. The molecule has 0 aliphatic heterocycles. The van der Waals surface area contributed by atoms with Crippen molar-refractivity contribution in [1.29, 1.82) is 0 Å². The average molecular weight is 302 g/mol. The summed E-state index contributed by atoms with van der Waals surface area (Å²) >= 11 is 6.15. The number of nitrogens with zero attached hydrogens (tertiary/aromatic N) is 1. The van der Waals surface area contributed by atoms with E-state index in [0.717, 1.165) is 17.1 Å². The number of halogens is 1. The van der Waals surface area contributed by atoms with Crippen molar-refractivity contribution in [1.82, 2.24) is 0 Å². The molecule has 0 saturated carbocycles. The van der Waals surface area contributed by atoms with Gasteiger partial charge in [0, 0.05) is 17.3 Å². The van der Waals surface area contributed by atoms with Crippen LogP contribution in [0.1, 0.15) is 42.1 Å². The lowest BCUT2D eigenvalue weighted by Gasteiger charge is -2.32. The van der Waals surface area contributed by atoms with Gasteiger partial charge in [-0.15, -0.1) is 0 Å². The number of benzene rings is 2. The molecule has 0 heterocycles. The van der Waals surface area contributed by atoms with Gasteiger partial charge in [-0.2, -0.15) is 0 Å². The van der Waals surface area contributed by atoms with Gasteiger partial charge >= 0.3 is 0 Å². The second-order valence-corrected chi connectivity index (χ2v) is 6.09. The number of rotatable bonds is 4. The van der Waals surface area contributed by atoms with E-state index in [1.165, 1.54) is 22.4 Å². The lowest BCUT2D eigenvalue weighted by atomic mass is 9.97. The van der Waals surface area contributed by atoms with Gasteiger partial charge < -0.3 is 4.90 Å².